The molecule has 0 aliphatic carbocycles. The van der Waals surface area contributed by atoms with Gasteiger partial charge in [-0.1, -0.05) is 6.92 Å². The Bertz CT molecular complexity index is 933. The van der Waals surface area contributed by atoms with Crippen LogP contribution in [0.3, 0.4) is 0 Å². The van der Waals surface area contributed by atoms with Crippen molar-refractivity contribution in [1.82, 2.24) is 19.7 Å². The van der Waals surface area contributed by atoms with Gasteiger partial charge in [0.2, 0.25) is 0 Å². The number of pyridine rings is 1. The maximum Gasteiger partial charge on any atom is 0.255 e. The minimum Gasteiger partial charge on any atom is -0.335 e. The molecule has 0 saturated carbocycles. The average molecular weight is 378 g/mol. The number of hydrogen-bond donors (Lipinski definition) is 0. The standard InChI is InChI=1S/C18H26N4O3S/c1-5-7-21(15-6-8-26(24,25)11-15)18(23)16-9-14-10-19-22(12(2)3)17(14)20-13(16)4/h9-10,12,15H,5-8,11H2,1-4H3. The maximum absolute atomic E-state index is 13.2. The molecule has 142 valence electrons. The van der Waals surface area contributed by atoms with Gasteiger partial charge in [0.15, 0.2) is 15.5 Å². The zero-order valence-corrected chi connectivity index (χ0v) is 16.6. The highest BCUT2D eigenvalue weighted by atomic mass is 32.2. The number of rotatable bonds is 5. The molecule has 3 rings (SSSR count). The third-order valence-corrected chi connectivity index (χ3v) is 6.60. The van der Waals surface area contributed by atoms with Gasteiger partial charge in [0.05, 0.1) is 29.0 Å². The summed E-state index contributed by atoms with van der Waals surface area (Å²) in [6.07, 6.45) is 3.01. The fourth-order valence-electron chi connectivity index (χ4n) is 3.53. The van der Waals surface area contributed by atoms with Gasteiger partial charge in [-0.3, -0.25) is 4.79 Å². The summed E-state index contributed by atoms with van der Waals surface area (Å²) in [5.74, 6) is 0.0690. The van der Waals surface area contributed by atoms with E-state index >= 15 is 0 Å². The lowest BCUT2D eigenvalue weighted by molar-refractivity contribution is 0.0696. The fourth-order valence-corrected chi connectivity index (χ4v) is 5.26. The number of fused-ring (bicyclic) bond motifs is 1. The molecule has 3 heterocycles. The first kappa shape index (κ1) is 18.8. The molecule has 1 atom stereocenters. The summed E-state index contributed by atoms with van der Waals surface area (Å²) in [5.41, 5.74) is 1.94. The smallest absolute Gasteiger partial charge is 0.255 e. The Morgan fingerprint density at radius 3 is 2.73 bits per heavy atom. The Labute approximate surface area is 154 Å². The van der Waals surface area contributed by atoms with E-state index in [9.17, 15) is 13.2 Å². The second-order valence-electron chi connectivity index (χ2n) is 7.27. The predicted octanol–water partition coefficient (Wildman–Crippen LogP) is 2.36. The highest BCUT2D eigenvalue weighted by Gasteiger charge is 2.35. The first-order valence-electron chi connectivity index (χ1n) is 9.09. The number of carbonyl (C=O) groups excluding carboxylic acids is 1. The summed E-state index contributed by atoms with van der Waals surface area (Å²) < 4.78 is 25.5. The summed E-state index contributed by atoms with van der Waals surface area (Å²) in [4.78, 5) is 19.5. The SMILES string of the molecule is CCCN(C(=O)c1cc2cnn(C(C)C)c2nc1C)C1CCS(=O)(=O)C1. The van der Waals surface area contributed by atoms with Gasteiger partial charge < -0.3 is 4.90 Å². The molecule has 1 amide bonds. The molecule has 0 bridgehead atoms. The molecule has 1 aliphatic rings. The highest BCUT2D eigenvalue weighted by molar-refractivity contribution is 7.91. The third-order valence-electron chi connectivity index (χ3n) is 4.85. The molecule has 1 aliphatic heterocycles. The largest absolute Gasteiger partial charge is 0.335 e. The van der Waals surface area contributed by atoms with Gasteiger partial charge in [0.25, 0.3) is 5.91 Å². The monoisotopic (exact) mass is 378 g/mol. The van der Waals surface area contributed by atoms with Crippen molar-refractivity contribution in [3.63, 3.8) is 0 Å². The molecule has 0 aromatic carbocycles. The summed E-state index contributed by atoms with van der Waals surface area (Å²) in [6, 6.07) is 1.76. The molecule has 2 aromatic heterocycles. The van der Waals surface area contributed by atoms with Gasteiger partial charge in [-0.15, -0.1) is 0 Å². The quantitative estimate of drug-likeness (QED) is 0.797. The Kier molecular flexibility index (Phi) is 5.05. The van der Waals surface area contributed by atoms with Crippen LogP contribution in [0.5, 0.6) is 0 Å². The van der Waals surface area contributed by atoms with Crippen molar-refractivity contribution in [1.29, 1.82) is 0 Å². The first-order chi connectivity index (χ1) is 12.2. The molecule has 7 nitrogen and oxygen atoms in total. The third kappa shape index (κ3) is 3.47. The number of sulfone groups is 1. The van der Waals surface area contributed by atoms with E-state index in [-0.39, 0.29) is 29.5 Å². The molecule has 8 heteroatoms. The van der Waals surface area contributed by atoms with Crippen LogP contribution < -0.4 is 0 Å². The minimum atomic E-state index is -3.05. The van der Waals surface area contributed by atoms with Crippen LogP contribution in [0.15, 0.2) is 12.3 Å². The molecule has 0 spiro atoms. The van der Waals surface area contributed by atoms with Crippen LogP contribution in [-0.4, -0.2) is 58.1 Å². The molecule has 1 saturated heterocycles. The topological polar surface area (TPSA) is 85.2 Å². The Morgan fingerprint density at radius 1 is 1.42 bits per heavy atom. The Morgan fingerprint density at radius 2 is 2.15 bits per heavy atom. The van der Waals surface area contributed by atoms with Crippen LogP contribution in [0, 0.1) is 6.92 Å². The van der Waals surface area contributed by atoms with Gasteiger partial charge in [-0.2, -0.15) is 5.10 Å². The second-order valence-corrected chi connectivity index (χ2v) is 9.50. The first-order valence-corrected chi connectivity index (χ1v) is 10.9. The summed E-state index contributed by atoms with van der Waals surface area (Å²) in [6.45, 7) is 8.42. The number of aryl methyl sites for hydroxylation is 1. The minimum absolute atomic E-state index is 0.0543. The summed E-state index contributed by atoms with van der Waals surface area (Å²) in [5, 5.41) is 5.19. The number of carbonyl (C=O) groups is 1. The van der Waals surface area contributed by atoms with Crippen molar-refractivity contribution in [3.05, 3.63) is 23.5 Å². The van der Waals surface area contributed by atoms with Crippen LogP contribution >= 0.6 is 0 Å². The van der Waals surface area contributed by atoms with Gasteiger partial charge in [0, 0.05) is 24.0 Å². The van der Waals surface area contributed by atoms with Crippen LogP contribution in [-0.2, 0) is 9.84 Å². The van der Waals surface area contributed by atoms with Crippen LogP contribution in [0.2, 0.25) is 0 Å². The van der Waals surface area contributed by atoms with Gasteiger partial charge in [-0.05, 0) is 39.7 Å². The molecule has 1 unspecified atom stereocenters. The molecule has 26 heavy (non-hydrogen) atoms. The number of hydrogen-bond acceptors (Lipinski definition) is 5. The normalized spacial score (nSPS) is 19.3. The van der Waals surface area contributed by atoms with E-state index in [0.29, 0.717) is 24.2 Å². The molecule has 2 aromatic rings. The van der Waals surface area contributed by atoms with Crippen LogP contribution in [0.25, 0.3) is 11.0 Å². The number of nitrogens with zero attached hydrogens (tertiary/aromatic N) is 4. The van der Waals surface area contributed by atoms with Crippen molar-refractivity contribution in [2.24, 2.45) is 0 Å². The van der Waals surface area contributed by atoms with Crippen molar-refractivity contribution >= 4 is 26.8 Å². The zero-order valence-electron chi connectivity index (χ0n) is 15.8. The van der Waals surface area contributed by atoms with Gasteiger partial charge in [0.1, 0.15) is 0 Å². The van der Waals surface area contributed by atoms with Gasteiger partial charge in [-0.25, -0.2) is 18.1 Å². The molecule has 1 fully saturated rings. The van der Waals surface area contributed by atoms with Crippen molar-refractivity contribution in [3.8, 4) is 0 Å². The van der Waals surface area contributed by atoms with E-state index in [2.05, 4.69) is 10.1 Å². The lowest BCUT2D eigenvalue weighted by Crippen LogP contribution is -2.42. The van der Waals surface area contributed by atoms with E-state index in [1.165, 1.54) is 0 Å². The Balaban J connectivity index is 1.98. The Hall–Kier alpha value is -1.96. The predicted molar refractivity (Wildman–Crippen MR) is 101 cm³/mol. The average Bonchev–Trinajstić information content (AvgIpc) is 3.13. The summed E-state index contributed by atoms with van der Waals surface area (Å²) in [7, 11) is -3.05. The molecular weight excluding hydrogens is 352 g/mol. The van der Waals surface area contributed by atoms with Crippen molar-refractivity contribution in [2.45, 2.75) is 52.6 Å². The van der Waals surface area contributed by atoms with E-state index in [0.717, 1.165) is 17.5 Å². The number of aromatic nitrogens is 3. The fraction of sp³-hybridized carbons (Fsp3) is 0.611. The van der Waals surface area contributed by atoms with Crippen LogP contribution in [0.4, 0.5) is 0 Å². The van der Waals surface area contributed by atoms with E-state index in [4.69, 9.17) is 0 Å². The van der Waals surface area contributed by atoms with Crippen LogP contribution in [0.1, 0.15) is 55.7 Å². The highest BCUT2D eigenvalue weighted by Crippen LogP contribution is 2.24. The maximum atomic E-state index is 13.2. The lowest BCUT2D eigenvalue weighted by atomic mass is 10.1. The second kappa shape index (κ2) is 6.98. The van der Waals surface area contributed by atoms with E-state index in [1.54, 1.807) is 11.1 Å². The van der Waals surface area contributed by atoms with E-state index in [1.807, 2.05) is 38.4 Å². The molecule has 0 N–H and O–H groups in total. The van der Waals surface area contributed by atoms with Crippen molar-refractivity contribution in [2.75, 3.05) is 18.1 Å². The van der Waals surface area contributed by atoms with Crippen molar-refractivity contribution < 1.29 is 13.2 Å². The van der Waals surface area contributed by atoms with E-state index < -0.39 is 9.84 Å². The molecule has 0 radical (unpaired) electrons. The molecular formula is C18H26N4O3S. The zero-order chi connectivity index (χ0) is 19.1. The summed E-state index contributed by atoms with van der Waals surface area (Å²) >= 11 is 0. The lowest BCUT2D eigenvalue weighted by Gasteiger charge is -2.28. The number of amides is 1. The van der Waals surface area contributed by atoms with Gasteiger partial charge >= 0.3 is 0 Å².